The van der Waals surface area contributed by atoms with Crippen LogP contribution >= 0.6 is 11.8 Å². The van der Waals surface area contributed by atoms with Gasteiger partial charge in [-0.25, -0.2) is 4.90 Å². The first kappa shape index (κ1) is 20.5. The number of benzene rings is 2. The second kappa shape index (κ2) is 8.64. The summed E-state index contributed by atoms with van der Waals surface area (Å²) in [5, 5.41) is 0.604. The second-order valence-corrected chi connectivity index (χ2v) is 8.57. The van der Waals surface area contributed by atoms with Gasteiger partial charge in [0, 0.05) is 35.8 Å². The monoisotopic (exact) mass is 447 g/mol. The fourth-order valence-corrected chi connectivity index (χ4v) is 4.82. The summed E-state index contributed by atoms with van der Waals surface area (Å²) in [6.07, 6.45) is 3.62. The summed E-state index contributed by atoms with van der Waals surface area (Å²) in [6.45, 7) is 2.51. The predicted octanol–water partition coefficient (Wildman–Crippen LogP) is 3.74. The quantitative estimate of drug-likeness (QED) is 0.570. The molecule has 0 bridgehead atoms. The number of imide groups is 1. The molecule has 3 heterocycles. The third-order valence-corrected chi connectivity index (χ3v) is 6.45. The maximum absolute atomic E-state index is 13.0. The highest BCUT2D eigenvalue weighted by Crippen LogP contribution is 2.36. The number of nitrogens with zero attached hydrogens (tertiary/aromatic N) is 3. The van der Waals surface area contributed by atoms with E-state index < -0.39 is 0 Å². The van der Waals surface area contributed by atoms with Crippen LogP contribution in [-0.2, 0) is 20.9 Å². The number of para-hydroxylation sites is 2. The van der Waals surface area contributed by atoms with Crippen molar-refractivity contribution in [3.05, 3.63) is 71.3 Å². The zero-order valence-corrected chi connectivity index (χ0v) is 18.1. The molecule has 8 heteroatoms. The molecule has 0 atom stereocenters. The van der Waals surface area contributed by atoms with Gasteiger partial charge in [-0.15, -0.1) is 0 Å². The number of hydrogen-bond donors (Lipinski definition) is 0. The van der Waals surface area contributed by atoms with Gasteiger partial charge >= 0.3 is 0 Å². The Balaban J connectivity index is 1.46. The van der Waals surface area contributed by atoms with Crippen LogP contribution < -0.4 is 4.90 Å². The molecule has 162 valence electrons. The predicted molar refractivity (Wildman–Crippen MR) is 124 cm³/mol. The summed E-state index contributed by atoms with van der Waals surface area (Å²) in [5.41, 5.74) is 2.26. The van der Waals surface area contributed by atoms with Gasteiger partial charge < -0.3 is 14.2 Å². The molecule has 0 unspecified atom stereocenters. The number of thioether (sulfide) groups is 1. The minimum absolute atomic E-state index is 0.0324. The average molecular weight is 448 g/mol. The lowest BCUT2D eigenvalue weighted by molar-refractivity contribution is -0.135. The van der Waals surface area contributed by atoms with Crippen molar-refractivity contribution in [1.82, 2.24) is 9.47 Å². The fraction of sp³-hybridized carbons (Fsp3) is 0.208. The van der Waals surface area contributed by atoms with Crippen LogP contribution in [0.25, 0.3) is 17.0 Å². The molecule has 2 aromatic carbocycles. The van der Waals surface area contributed by atoms with Crippen LogP contribution in [0.4, 0.5) is 10.5 Å². The molecule has 3 amide bonds. The molecule has 32 heavy (non-hydrogen) atoms. The molecule has 2 saturated heterocycles. The summed E-state index contributed by atoms with van der Waals surface area (Å²) < 4.78 is 7.24. The SMILES string of the molecule is O=C(Cn1cc(/C=C2\SC(=O)N(c3ccccc3)C2=O)c2ccccc21)N1CCOCC1. The third-order valence-electron chi connectivity index (χ3n) is 5.58. The molecular weight excluding hydrogens is 426 g/mol. The van der Waals surface area contributed by atoms with Crippen molar-refractivity contribution in [2.75, 3.05) is 31.2 Å². The van der Waals surface area contributed by atoms with Crippen LogP contribution in [-0.4, -0.2) is 52.8 Å². The van der Waals surface area contributed by atoms with Crippen LogP contribution in [0.5, 0.6) is 0 Å². The van der Waals surface area contributed by atoms with Crippen LogP contribution in [0.1, 0.15) is 5.56 Å². The number of aromatic nitrogens is 1. The van der Waals surface area contributed by atoms with Gasteiger partial charge in [-0.05, 0) is 36.0 Å². The summed E-state index contributed by atoms with van der Waals surface area (Å²) in [4.78, 5) is 41.7. The minimum atomic E-state index is -0.340. The molecule has 3 aromatic rings. The topological polar surface area (TPSA) is 71.9 Å². The molecule has 2 fully saturated rings. The molecule has 5 rings (SSSR count). The van der Waals surface area contributed by atoms with Crippen molar-refractivity contribution in [2.45, 2.75) is 6.54 Å². The summed E-state index contributed by atoms with van der Waals surface area (Å²) in [5.74, 6) is -0.308. The molecule has 1 aromatic heterocycles. The van der Waals surface area contributed by atoms with Crippen LogP contribution in [0.2, 0.25) is 0 Å². The maximum Gasteiger partial charge on any atom is 0.298 e. The zero-order valence-electron chi connectivity index (χ0n) is 17.3. The van der Waals surface area contributed by atoms with Crippen molar-refractivity contribution >= 4 is 51.5 Å². The van der Waals surface area contributed by atoms with E-state index in [0.29, 0.717) is 36.9 Å². The molecular formula is C24H21N3O4S. The van der Waals surface area contributed by atoms with E-state index in [4.69, 9.17) is 4.74 Å². The highest BCUT2D eigenvalue weighted by molar-refractivity contribution is 8.19. The van der Waals surface area contributed by atoms with Crippen molar-refractivity contribution < 1.29 is 19.1 Å². The van der Waals surface area contributed by atoms with Gasteiger partial charge in [0.2, 0.25) is 5.91 Å². The standard InChI is InChI=1S/C24H21N3O4S/c28-22(25-10-12-31-13-11-25)16-26-15-17(19-8-4-5-9-20(19)26)14-21-23(29)27(24(30)32-21)18-6-2-1-3-7-18/h1-9,14-15H,10-13,16H2/b21-14-. The van der Waals surface area contributed by atoms with Crippen molar-refractivity contribution in [2.24, 2.45) is 0 Å². The lowest BCUT2D eigenvalue weighted by atomic mass is 10.1. The lowest BCUT2D eigenvalue weighted by Gasteiger charge is -2.27. The Kier molecular flexibility index (Phi) is 5.55. The minimum Gasteiger partial charge on any atom is -0.378 e. The fourth-order valence-electron chi connectivity index (χ4n) is 3.99. The van der Waals surface area contributed by atoms with Gasteiger partial charge in [0.1, 0.15) is 6.54 Å². The van der Waals surface area contributed by atoms with E-state index in [0.717, 1.165) is 28.2 Å². The van der Waals surface area contributed by atoms with Crippen LogP contribution in [0.15, 0.2) is 65.7 Å². The average Bonchev–Trinajstić information content (AvgIpc) is 3.31. The Morgan fingerprint density at radius 3 is 2.50 bits per heavy atom. The van der Waals surface area contributed by atoms with E-state index >= 15 is 0 Å². The second-order valence-electron chi connectivity index (χ2n) is 7.58. The van der Waals surface area contributed by atoms with E-state index in [1.54, 1.807) is 30.3 Å². The van der Waals surface area contributed by atoms with E-state index in [-0.39, 0.29) is 23.6 Å². The van der Waals surface area contributed by atoms with Gasteiger partial charge in [-0.3, -0.25) is 14.4 Å². The molecule has 2 aliphatic rings. The number of carbonyl (C=O) groups is 3. The van der Waals surface area contributed by atoms with E-state index in [2.05, 4.69) is 0 Å². The number of morpholine rings is 1. The largest absolute Gasteiger partial charge is 0.378 e. The molecule has 2 aliphatic heterocycles. The Hall–Kier alpha value is -3.36. The first-order valence-electron chi connectivity index (χ1n) is 10.4. The Morgan fingerprint density at radius 2 is 1.72 bits per heavy atom. The number of amides is 3. The Bertz CT molecular complexity index is 1230. The first-order valence-corrected chi connectivity index (χ1v) is 11.2. The van der Waals surface area contributed by atoms with Crippen LogP contribution in [0.3, 0.4) is 0 Å². The number of hydrogen-bond acceptors (Lipinski definition) is 5. The normalized spacial score (nSPS) is 18.2. The summed E-state index contributed by atoms with van der Waals surface area (Å²) in [6, 6.07) is 16.7. The summed E-state index contributed by atoms with van der Waals surface area (Å²) in [7, 11) is 0. The Morgan fingerprint density at radius 1 is 1.00 bits per heavy atom. The number of fused-ring (bicyclic) bond motifs is 1. The first-order chi connectivity index (χ1) is 15.6. The van der Waals surface area contributed by atoms with Crippen molar-refractivity contribution in [1.29, 1.82) is 0 Å². The zero-order chi connectivity index (χ0) is 22.1. The molecule has 0 spiro atoms. The number of carbonyl (C=O) groups excluding carboxylic acids is 3. The van der Waals surface area contributed by atoms with Gasteiger partial charge in [0.05, 0.1) is 23.8 Å². The Labute approximate surface area is 189 Å². The van der Waals surface area contributed by atoms with Crippen LogP contribution in [0, 0.1) is 0 Å². The third kappa shape index (κ3) is 3.83. The number of rotatable bonds is 4. The molecule has 0 radical (unpaired) electrons. The van der Waals surface area contributed by atoms with Gasteiger partial charge in [0.25, 0.3) is 11.1 Å². The van der Waals surface area contributed by atoms with Gasteiger partial charge in [-0.1, -0.05) is 36.4 Å². The van der Waals surface area contributed by atoms with Gasteiger partial charge in [0.15, 0.2) is 0 Å². The van der Waals surface area contributed by atoms with E-state index in [9.17, 15) is 14.4 Å². The summed E-state index contributed by atoms with van der Waals surface area (Å²) >= 11 is 0.926. The number of ether oxygens (including phenoxy) is 1. The highest BCUT2D eigenvalue weighted by atomic mass is 32.2. The maximum atomic E-state index is 13.0. The highest BCUT2D eigenvalue weighted by Gasteiger charge is 2.36. The molecule has 0 aliphatic carbocycles. The number of anilines is 1. The van der Waals surface area contributed by atoms with E-state index in [1.807, 2.05) is 46.0 Å². The van der Waals surface area contributed by atoms with Crippen molar-refractivity contribution in [3.8, 4) is 0 Å². The van der Waals surface area contributed by atoms with Gasteiger partial charge in [-0.2, -0.15) is 0 Å². The smallest absolute Gasteiger partial charge is 0.298 e. The van der Waals surface area contributed by atoms with Crippen molar-refractivity contribution in [3.63, 3.8) is 0 Å². The molecule has 0 saturated carbocycles. The lowest BCUT2D eigenvalue weighted by Crippen LogP contribution is -2.42. The van der Waals surface area contributed by atoms with E-state index in [1.165, 1.54) is 4.90 Å². The molecule has 7 nitrogen and oxygen atoms in total. The molecule has 0 N–H and O–H groups in total.